The van der Waals surface area contributed by atoms with E-state index in [9.17, 15) is 18.0 Å². The van der Waals surface area contributed by atoms with Gasteiger partial charge in [-0.1, -0.05) is 37.3 Å². The third-order valence-electron chi connectivity index (χ3n) is 5.42. The predicted molar refractivity (Wildman–Crippen MR) is 123 cm³/mol. The Kier molecular flexibility index (Phi) is 7.35. The molecule has 1 atom stereocenters. The smallest absolute Gasteiger partial charge is 0.268 e. The van der Waals surface area contributed by atoms with Crippen molar-refractivity contribution in [3.8, 4) is 5.75 Å². The van der Waals surface area contributed by atoms with E-state index in [-0.39, 0.29) is 22.9 Å². The molecule has 1 aliphatic heterocycles. The molecule has 2 aromatic rings. The highest BCUT2D eigenvalue weighted by Gasteiger charge is 2.44. The highest BCUT2D eigenvalue weighted by Crippen LogP contribution is 2.37. The molecule has 32 heavy (non-hydrogen) atoms. The molecule has 1 heterocycles. The molecular weight excluding hydrogens is 428 g/mol. The van der Waals surface area contributed by atoms with E-state index in [1.165, 1.54) is 7.11 Å². The minimum Gasteiger partial charge on any atom is -0.497 e. The van der Waals surface area contributed by atoms with Crippen LogP contribution in [0.25, 0.3) is 4.91 Å². The Hall–Kier alpha value is -3.13. The Morgan fingerprint density at radius 1 is 1.09 bits per heavy atom. The molecule has 0 aromatic heterocycles. The first-order valence-electron chi connectivity index (χ1n) is 10.6. The van der Waals surface area contributed by atoms with E-state index in [2.05, 4.69) is 5.32 Å². The van der Waals surface area contributed by atoms with Crippen molar-refractivity contribution in [2.75, 3.05) is 13.7 Å². The fourth-order valence-corrected chi connectivity index (χ4v) is 5.52. The summed E-state index contributed by atoms with van der Waals surface area (Å²) in [7, 11) is -2.62. The Balaban J connectivity index is 1.70. The Morgan fingerprint density at radius 3 is 2.34 bits per heavy atom. The number of nitrogens with zero attached hydrogens (tertiary/aromatic N) is 1. The molecule has 0 saturated heterocycles. The van der Waals surface area contributed by atoms with Crippen LogP contribution >= 0.6 is 0 Å². The second-order valence-corrected chi connectivity index (χ2v) is 9.50. The first kappa shape index (κ1) is 23.5. The second-order valence-electron chi connectivity index (χ2n) is 7.70. The quantitative estimate of drug-likeness (QED) is 0.626. The van der Waals surface area contributed by atoms with Crippen molar-refractivity contribution in [3.05, 3.63) is 71.3 Å². The molecular formula is C24H28N2O5S. The molecule has 0 saturated carbocycles. The molecule has 3 rings (SSSR count). The fraction of sp³-hybridized carbons (Fsp3) is 0.333. The largest absolute Gasteiger partial charge is 0.497 e. The highest BCUT2D eigenvalue weighted by molar-refractivity contribution is 7.99. The molecule has 0 spiro atoms. The third kappa shape index (κ3) is 5.02. The summed E-state index contributed by atoms with van der Waals surface area (Å²) in [6.07, 6.45) is 1.73. The molecule has 170 valence electrons. The minimum absolute atomic E-state index is 0.0439. The molecule has 0 unspecified atom stereocenters. The summed E-state index contributed by atoms with van der Waals surface area (Å²) >= 11 is 0. The van der Waals surface area contributed by atoms with E-state index >= 15 is 0 Å². The van der Waals surface area contributed by atoms with Crippen LogP contribution in [0.2, 0.25) is 0 Å². The number of rotatable bonds is 9. The van der Waals surface area contributed by atoms with Crippen molar-refractivity contribution < 1.29 is 22.7 Å². The van der Waals surface area contributed by atoms with Crippen molar-refractivity contribution in [1.82, 2.24) is 9.62 Å². The van der Waals surface area contributed by atoms with Gasteiger partial charge in [0.1, 0.15) is 17.2 Å². The van der Waals surface area contributed by atoms with Crippen molar-refractivity contribution in [2.24, 2.45) is 0 Å². The number of methoxy groups -OCH3 is 1. The molecule has 7 nitrogen and oxygen atoms in total. The van der Waals surface area contributed by atoms with Gasteiger partial charge in [-0.2, -0.15) is 0 Å². The molecule has 0 fully saturated rings. The lowest BCUT2D eigenvalue weighted by Crippen LogP contribution is -2.43. The lowest BCUT2D eigenvalue weighted by Gasteiger charge is -2.19. The number of hydrogen-bond acceptors (Lipinski definition) is 5. The summed E-state index contributed by atoms with van der Waals surface area (Å²) in [6, 6.07) is 16.2. The first-order valence-corrected chi connectivity index (χ1v) is 12.0. The van der Waals surface area contributed by atoms with Crippen LogP contribution in [0.5, 0.6) is 5.75 Å². The summed E-state index contributed by atoms with van der Waals surface area (Å²) in [5.74, 6) is -0.575. The van der Waals surface area contributed by atoms with Crippen LogP contribution in [-0.2, 0) is 26.0 Å². The van der Waals surface area contributed by atoms with E-state index in [0.29, 0.717) is 22.0 Å². The predicted octanol–water partition coefficient (Wildman–Crippen LogP) is 3.13. The van der Waals surface area contributed by atoms with Crippen molar-refractivity contribution >= 4 is 26.7 Å². The molecule has 2 amide bonds. The molecule has 2 aromatic carbocycles. The average Bonchev–Trinajstić information content (AvgIpc) is 2.98. The molecule has 1 N–H and O–H groups in total. The number of benzene rings is 2. The molecule has 0 radical (unpaired) electrons. The van der Waals surface area contributed by atoms with Crippen molar-refractivity contribution in [2.45, 2.75) is 39.2 Å². The number of aryl methyl sites for hydroxylation is 1. The molecule has 8 heteroatoms. The molecule has 0 aliphatic carbocycles. The van der Waals surface area contributed by atoms with Crippen molar-refractivity contribution in [1.29, 1.82) is 0 Å². The van der Waals surface area contributed by atoms with E-state index in [1.807, 2.05) is 37.3 Å². The zero-order chi connectivity index (χ0) is 23.3. The fourth-order valence-electron chi connectivity index (χ4n) is 3.71. The number of ether oxygens (including phenoxy) is 1. The van der Waals surface area contributed by atoms with Crippen LogP contribution in [0.3, 0.4) is 0 Å². The van der Waals surface area contributed by atoms with Crippen molar-refractivity contribution in [3.63, 3.8) is 0 Å². The van der Waals surface area contributed by atoms with Crippen LogP contribution in [0.4, 0.5) is 0 Å². The zero-order valence-corrected chi connectivity index (χ0v) is 19.3. The van der Waals surface area contributed by atoms with E-state index in [1.54, 1.807) is 31.2 Å². The molecule has 0 bridgehead atoms. The van der Waals surface area contributed by atoms with Gasteiger partial charge < -0.3 is 10.1 Å². The van der Waals surface area contributed by atoms with Gasteiger partial charge in [0.15, 0.2) is 0 Å². The highest BCUT2D eigenvalue weighted by atomic mass is 32.2. The Morgan fingerprint density at radius 2 is 1.75 bits per heavy atom. The zero-order valence-electron chi connectivity index (χ0n) is 18.5. The van der Waals surface area contributed by atoms with Gasteiger partial charge >= 0.3 is 0 Å². The first-order chi connectivity index (χ1) is 15.3. The Bertz CT molecular complexity index is 1110. The number of sulfonamides is 1. The average molecular weight is 457 g/mol. The summed E-state index contributed by atoms with van der Waals surface area (Å²) in [5.41, 5.74) is 1.74. The van der Waals surface area contributed by atoms with Gasteiger partial charge in [0.05, 0.1) is 7.11 Å². The van der Waals surface area contributed by atoms with Gasteiger partial charge in [-0.25, -0.2) is 12.7 Å². The minimum atomic E-state index is -4.14. The van der Waals surface area contributed by atoms with Gasteiger partial charge in [0.2, 0.25) is 5.91 Å². The van der Waals surface area contributed by atoms with E-state index in [4.69, 9.17) is 4.74 Å². The Labute approximate surface area is 189 Å². The van der Waals surface area contributed by atoms with Gasteiger partial charge in [0.25, 0.3) is 15.9 Å². The SMILES string of the molecule is CCC1=C(c2ccc(OC)cc2)S(=O)(=O)N(CC(=O)N[C@@H](C)CCc2ccccc2)C1=O. The summed E-state index contributed by atoms with van der Waals surface area (Å²) in [6.45, 7) is 3.04. The maximum Gasteiger partial charge on any atom is 0.268 e. The van der Waals surface area contributed by atoms with Gasteiger partial charge in [-0.15, -0.1) is 0 Å². The standard InChI is InChI=1S/C24H28N2O5S/c1-4-21-23(19-12-14-20(31-3)15-13-19)32(29,30)26(24(21)28)16-22(27)25-17(2)10-11-18-8-6-5-7-9-18/h5-9,12-15,17H,4,10-11,16H2,1-3H3,(H,25,27)/t17-/m0/s1. The number of carbonyl (C=O) groups excluding carboxylic acids is 2. The monoisotopic (exact) mass is 456 g/mol. The molecule has 1 aliphatic rings. The normalized spacial score (nSPS) is 16.2. The lowest BCUT2D eigenvalue weighted by atomic mass is 10.1. The lowest BCUT2D eigenvalue weighted by molar-refractivity contribution is -0.129. The summed E-state index contributed by atoms with van der Waals surface area (Å²) in [5, 5.41) is 2.81. The summed E-state index contributed by atoms with van der Waals surface area (Å²) in [4.78, 5) is 25.4. The topological polar surface area (TPSA) is 92.8 Å². The number of amides is 2. The van der Waals surface area contributed by atoms with Crippen LogP contribution in [0.1, 0.15) is 37.8 Å². The van der Waals surface area contributed by atoms with Gasteiger partial charge in [0, 0.05) is 11.6 Å². The maximum atomic E-state index is 13.2. The van der Waals surface area contributed by atoms with Crippen LogP contribution < -0.4 is 10.1 Å². The van der Waals surface area contributed by atoms with Crippen LogP contribution in [-0.4, -0.2) is 44.2 Å². The third-order valence-corrected chi connectivity index (χ3v) is 7.29. The van der Waals surface area contributed by atoms with E-state index < -0.39 is 28.4 Å². The van der Waals surface area contributed by atoms with Gasteiger partial charge in [-0.05, 0) is 61.6 Å². The summed E-state index contributed by atoms with van der Waals surface area (Å²) < 4.78 is 32.2. The van der Waals surface area contributed by atoms with E-state index in [0.717, 1.165) is 12.0 Å². The maximum absolute atomic E-state index is 13.2. The van der Waals surface area contributed by atoms with Gasteiger partial charge in [-0.3, -0.25) is 9.59 Å². The number of hydrogen-bond donors (Lipinski definition) is 1. The number of nitrogens with one attached hydrogen (secondary N) is 1. The van der Waals surface area contributed by atoms with Crippen LogP contribution in [0.15, 0.2) is 60.2 Å². The number of carbonyl (C=O) groups is 2. The second kappa shape index (κ2) is 9.99. The van der Waals surface area contributed by atoms with Crippen LogP contribution in [0, 0.1) is 0 Å².